The maximum Gasteiger partial charge on any atom is 0.184 e. The van der Waals surface area contributed by atoms with Gasteiger partial charge in [-0.1, -0.05) is 12.2 Å². The standard InChI is InChI=1S/C17H25ClN2O2S.ClH/c1-13(5-3-6-15-7-4-9-19-12-15)23(21,22)17-8-10-20-16(11-18)14(17)2;/h3,5,8,10,13,15,19H,4,6-7,9,11-12H2,1-2H3;1H. The second kappa shape index (κ2) is 9.76. The fourth-order valence-corrected chi connectivity index (χ4v) is 4.68. The summed E-state index contributed by atoms with van der Waals surface area (Å²) in [5, 5.41) is 2.83. The lowest BCUT2D eigenvalue weighted by molar-refractivity contribution is 0.381. The number of halogens is 2. The average Bonchev–Trinajstić information content (AvgIpc) is 2.55. The van der Waals surface area contributed by atoms with Crippen molar-refractivity contribution in [2.75, 3.05) is 13.1 Å². The van der Waals surface area contributed by atoms with Crippen LogP contribution in [0.1, 0.15) is 37.4 Å². The van der Waals surface area contributed by atoms with Gasteiger partial charge in [0.25, 0.3) is 0 Å². The maximum atomic E-state index is 12.8. The van der Waals surface area contributed by atoms with Gasteiger partial charge >= 0.3 is 0 Å². The average molecular weight is 393 g/mol. The van der Waals surface area contributed by atoms with Crippen molar-refractivity contribution in [2.24, 2.45) is 5.92 Å². The number of rotatable bonds is 6. The zero-order chi connectivity index (χ0) is 16.9. The number of piperidine rings is 1. The van der Waals surface area contributed by atoms with E-state index in [1.54, 1.807) is 19.9 Å². The van der Waals surface area contributed by atoms with Crippen molar-refractivity contribution in [3.63, 3.8) is 0 Å². The second-order valence-corrected chi connectivity index (χ2v) is 8.68. The number of hydrogen-bond acceptors (Lipinski definition) is 4. The Morgan fingerprint density at radius 2 is 2.25 bits per heavy atom. The molecule has 0 radical (unpaired) electrons. The summed E-state index contributed by atoms with van der Waals surface area (Å²) in [6.45, 7) is 5.61. The number of pyridine rings is 1. The quantitative estimate of drug-likeness (QED) is 0.592. The van der Waals surface area contributed by atoms with Crippen LogP contribution in [0.4, 0.5) is 0 Å². The lowest BCUT2D eigenvalue weighted by Crippen LogP contribution is -2.29. The molecule has 1 N–H and O–H groups in total. The van der Waals surface area contributed by atoms with Crippen LogP contribution in [-0.2, 0) is 15.7 Å². The first-order valence-corrected chi connectivity index (χ1v) is 10.2. The van der Waals surface area contributed by atoms with Crippen molar-refractivity contribution in [2.45, 2.75) is 49.1 Å². The third-order valence-electron chi connectivity index (χ3n) is 4.46. The Kier molecular flexibility index (Phi) is 8.71. The highest BCUT2D eigenvalue weighted by Gasteiger charge is 2.24. The topological polar surface area (TPSA) is 59.1 Å². The molecule has 0 saturated carbocycles. The monoisotopic (exact) mass is 392 g/mol. The van der Waals surface area contributed by atoms with Gasteiger partial charge in [-0.2, -0.15) is 0 Å². The van der Waals surface area contributed by atoms with E-state index in [4.69, 9.17) is 11.6 Å². The predicted octanol–water partition coefficient (Wildman–Crippen LogP) is 3.66. The Morgan fingerprint density at radius 3 is 2.88 bits per heavy atom. The van der Waals surface area contributed by atoms with Crippen LogP contribution in [0.2, 0.25) is 0 Å². The summed E-state index contributed by atoms with van der Waals surface area (Å²) in [5.74, 6) is 0.828. The molecule has 0 aliphatic carbocycles. The van der Waals surface area contributed by atoms with Gasteiger partial charge in [0.05, 0.1) is 21.7 Å². The summed E-state index contributed by atoms with van der Waals surface area (Å²) < 4.78 is 25.5. The van der Waals surface area contributed by atoms with E-state index in [2.05, 4.69) is 10.3 Å². The van der Waals surface area contributed by atoms with Gasteiger partial charge in [0.15, 0.2) is 9.84 Å². The van der Waals surface area contributed by atoms with Crippen molar-refractivity contribution in [3.05, 3.63) is 35.7 Å². The molecule has 0 amide bonds. The zero-order valence-electron chi connectivity index (χ0n) is 14.2. The molecule has 1 aliphatic rings. The van der Waals surface area contributed by atoms with Gasteiger partial charge in [-0.15, -0.1) is 24.0 Å². The van der Waals surface area contributed by atoms with E-state index in [9.17, 15) is 8.42 Å². The minimum absolute atomic E-state index is 0. The van der Waals surface area contributed by atoms with Gasteiger partial charge in [0, 0.05) is 6.20 Å². The molecule has 2 heterocycles. The number of nitrogens with one attached hydrogen (secondary N) is 1. The second-order valence-electron chi connectivity index (χ2n) is 6.14. The number of alkyl halides is 1. The molecule has 7 heteroatoms. The Hall–Kier alpha value is -0.620. The van der Waals surface area contributed by atoms with Gasteiger partial charge in [-0.3, -0.25) is 4.98 Å². The van der Waals surface area contributed by atoms with Gasteiger partial charge < -0.3 is 5.32 Å². The summed E-state index contributed by atoms with van der Waals surface area (Å²) in [5.41, 5.74) is 1.27. The predicted molar refractivity (Wildman–Crippen MR) is 102 cm³/mol. The number of aromatic nitrogens is 1. The van der Waals surface area contributed by atoms with E-state index < -0.39 is 15.1 Å². The molecule has 136 valence electrons. The fraction of sp³-hybridized carbons (Fsp3) is 0.588. The number of sulfone groups is 1. The first kappa shape index (κ1) is 21.4. The van der Waals surface area contributed by atoms with Gasteiger partial charge in [-0.25, -0.2) is 8.42 Å². The molecule has 2 rings (SSSR count). The highest BCUT2D eigenvalue weighted by atomic mass is 35.5. The normalized spacial score (nSPS) is 19.9. The molecule has 1 fully saturated rings. The first-order chi connectivity index (χ1) is 11.0. The molecule has 2 atom stereocenters. The number of nitrogens with zero attached hydrogens (tertiary/aromatic N) is 1. The molecule has 4 nitrogen and oxygen atoms in total. The van der Waals surface area contributed by atoms with E-state index in [0.717, 1.165) is 19.5 Å². The zero-order valence-corrected chi connectivity index (χ0v) is 16.6. The van der Waals surface area contributed by atoms with Crippen molar-refractivity contribution in [3.8, 4) is 0 Å². The smallest absolute Gasteiger partial charge is 0.184 e. The van der Waals surface area contributed by atoms with Crippen molar-refractivity contribution in [1.29, 1.82) is 0 Å². The number of allylic oxidation sites excluding steroid dienone is 1. The fourth-order valence-electron chi connectivity index (χ4n) is 2.89. The largest absolute Gasteiger partial charge is 0.316 e. The molecule has 0 aromatic carbocycles. The molecule has 0 spiro atoms. The molecular weight excluding hydrogens is 367 g/mol. The van der Waals surface area contributed by atoms with Crippen LogP contribution in [0.3, 0.4) is 0 Å². The first-order valence-electron chi connectivity index (χ1n) is 8.08. The third-order valence-corrected chi connectivity index (χ3v) is 6.90. The maximum absolute atomic E-state index is 12.8. The number of hydrogen-bond donors (Lipinski definition) is 1. The Labute approximate surface area is 156 Å². The molecule has 1 aliphatic heterocycles. The highest BCUT2D eigenvalue weighted by molar-refractivity contribution is 7.92. The Balaban J connectivity index is 0.00000288. The molecular formula is C17H26Cl2N2O2S. The van der Waals surface area contributed by atoms with Crippen LogP contribution in [-0.4, -0.2) is 31.7 Å². The van der Waals surface area contributed by atoms with E-state index in [1.165, 1.54) is 19.0 Å². The lowest BCUT2D eigenvalue weighted by atomic mass is 9.96. The highest BCUT2D eigenvalue weighted by Crippen LogP contribution is 2.23. The summed E-state index contributed by atoms with van der Waals surface area (Å²) in [4.78, 5) is 4.47. The summed E-state index contributed by atoms with van der Waals surface area (Å²) in [6, 6.07) is 1.57. The molecule has 1 aromatic rings. The molecule has 0 bridgehead atoms. The van der Waals surface area contributed by atoms with Crippen LogP contribution >= 0.6 is 24.0 Å². The summed E-state index contributed by atoms with van der Waals surface area (Å²) in [6.07, 6.45) is 8.67. The van der Waals surface area contributed by atoms with Crippen LogP contribution in [0.15, 0.2) is 29.3 Å². The van der Waals surface area contributed by atoms with Gasteiger partial charge in [0.1, 0.15) is 0 Å². The molecule has 1 aromatic heterocycles. The summed E-state index contributed by atoms with van der Waals surface area (Å²) >= 11 is 5.83. The van der Waals surface area contributed by atoms with Crippen molar-refractivity contribution in [1.82, 2.24) is 10.3 Å². The SMILES string of the molecule is Cc1c(S(=O)(=O)C(C)C=CCC2CCCNC2)ccnc1CCl.Cl. The Morgan fingerprint density at radius 1 is 1.50 bits per heavy atom. The molecule has 1 saturated heterocycles. The van der Waals surface area contributed by atoms with Gasteiger partial charge in [0.2, 0.25) is 0 Å². The van der Waals surface area contributed by atoms with Crippen LogP contribution in [0.25, 0.3) is 0 Å². The Bertz CT molecular complexity index is 657. The minimum Gasteiger partial charge on any atom is -0.316 e. The van der Waals surface area contributed by atoms with E-state index in [0.29, 0.717) is 22.1 Å². The van der Waals surface area contributed by atoms with E-state index in [-0.39, 0.29) is 18.3 Å². The van der Waals surface area contributed by atoms with Crippen molar-refractivity contribution < 1.29 is 8.42 Å². The lowest BCUT2D eigenvalue weighted by Gasteiger charge is -2.21. The van der Waals surface area contributed by atoms with Crippen molar-refractivity contribution >= 4 is 33.8 Å². The van der Waals surface area contributed by atoms with Crippen LogP contribution < -0.4 is 5.32 Å². The summed E-state index contributed by atoms with van der Waals surface area (Å²) in [7, 11) is -3.41. The molecule has 2 unspecified atom stereocenters. The van der Waals surface area contributed by atoms with E-state index in [1.807, 2.05) is 12.2 Å². The third kappa shape index (κ3) is 5.19. The van der Waals surface area contributed by atoms with Crippen LogP contribution in [0, 0.1) is 12.8 Å². The van der Waals surface area contributed by atoms with Crippen LogP contribution in [0.5, 0.6) is 0 Å². The van der Waals surface area contributed by atoms with Gasteiger partial charge in [-0.05, 0) is 63.7 Å². The minimum atomic E-state index is -3.41. The van der Waals surface area contributed by atoms with E-state index >= 15 is 0 Å². The molecule has 24 heavy (non-hydrogen) atoms.